The molecule has 0 atom stereocenters. The highest BCUT2D eigenvalue weighted by Gasteiger charge is 2.27. The minimum Gasteiger partial charge on any atom is -0.453 e. The van der Waals surface area contributed by atoms with Crippen LogP contribution in [0.2, 0.25) is 0 Å². The molecular formula is C45H28N4O4. The number of nitrogens with zero attached hydrogens (tertiary/aromatic N) is 4. The molecule has 0 N–H and O–H groups in total. The Morgan fingerprint density at radius 2 is 0.868 bits per heavy atom. The first-order chi connectivity index (χ1) is 26.2. The quantitative estimate of drug-likeness (QED) is 0.177. The van der Waals surface area contributed by atoms with Crippen molar-refractivity contribution in [1.29, 1.82) is 0 Å². The SMILES string of the molecule is c1ccc2c(c1)Oc1ccccc1N2c1ccc(Cc2nc3cc4oc(-c5ccc(N6c7ccccc7Oc7ccccc76)cc5)nc4cc3o2)cc1. The first-order valence-corrected chi connectivity index (χ1v) is 17.4. The second-order valence-electron chi connectivity index (χ2n) is 13.1. The Labute approximate surface area is 303 Å². The fourth-order valence-electron chi connectivity index (χ4n) is 7.25. The van der Waals surface area contributed by atoms with Gasteiger partial charge in [0.1, 0.15) is 11.0 Å². The lowest BCUT2D eigenvalue weighted by Crippen LogP contribution is -2.15. The van der Waals surface area contributed by atoms with Crippen LogP contribution < -0.4 is 19.3 Å². The molecule has 0 saturated carbocycles. The zero-order valence-electron chi connectivity index (χ0n) is 28.1. The van der Waals surface area contributed by atoms with E-state index in [-0.39, 0.29) is 0 Å². The molecule has 0 radical (unpaired) electrons. The van der Waals surface area contributed by atoms with E-state index in [4.69, 9.17) is 28.3 Å². The monoisotopic (exact) mass is 688 g/mol. The average Bonchev–Trinajstić information content (AvgIpc) is 3.81. The van der Waals surface area contributed by atoms with Gasteiger partial charge < -0.3 is 28.1 Å². The van der Waals surface area contributed by atoms with Crippen molar-refractivity contribution in [2.45, 2.75) is 6.42 Å². The summed E-state index contributed by atoms with van der Waals surface area (Å²) in [6.45, 7) is 0. The van der Waals surface area contributed by atoms with E-state index in [0.29, 0.717) is 34.9 Å². The molecule has 2 aliphatic rings. The van der Waals surface area contributed by atoms with Crippen molar-refractivity contribution in [1.82, 2.24) is 9.97 Å². The zero-order chi connectivity index (χ0) is 34.9. The smallest absolute Gasteiger partial charge is 0.227 e. The molecule has 9 aromatic rings. The fourth-order valence-corrected chi connectivity index (χ4v) is 7.25. The third-order valence-electron chi connectivity index (χ3n) is 9.73. The number of para-hydroxylation sites is 8. The normalized spacial score (nSPS) is 12.8. The van der Waals surface area contributed by atoms with Crippen LogP contribution in [-0.2, 0) is 6.42 Å². The summed E-state index contributed by atoms with van der Waals surface area (Å²) in [5.74, 6) is 4.45. The number of anilines is 6. The summed E-state index contributed by atoms with van der Waals surface area (Å²) in [6, 6.07) is 52.8. The number of ether oxygens (including phenoxy) is 2. The molecular weight excluding hydrogens is 661 g/mol. The Morgan fingerprint density at radius 1 is 0.434 bits per heavy atom. The van der Waals surface area contributed by atoms with E-state index in [1.54, 1.807) is 0 Å². The largest absolute Gasteiger partial charge is 0.453 e. The minimum absolute atomic E-state index is 0.535. The summed E-state index contributed by atoms with van der Waals surface area (Å²) in [5, 5.41) is 0. The maximum atomic E-state index is 6.27. The number of oxazole rings is 2. The molecule has 252 valence electrons. The van der Waals surface area contributed by atoms with Gasteiger partial charge in [0.15, 0.2) is 40.1 Å². The molecule has 2 aliphatic heterocycles. The second-order valence-corrected chi connectivity index (χ2v) is 13.1. The number of benzene rings is 7. The highest BCUT2D eigenvalue weighted by atomic mass is 16.5. The van der Waals surface area contributed by atoms with Gasteiger partial charge in [-0.05, 0) is 90.5 Å². The van der Waals surface area contributed by atoms with Gasteiger partial charge in [-0.1, -0.05) is 60.7 Å². The summed E-state index contributed by atoms with van der Waals surface area (Å²) >= 11 is 0. The molecule has 7 aromatic carbocycles. The van der Waals surface area contributed by atoms with E-state index < -0.39 is 0 Å². The molecule has 0 amide bonds. The van der Waals surface area contributed by atoms with E-state index in [1.165, 1.54) is 0 Å². The molecule has 0 unspecified atom stereocenters. The Hall–Kier alpha value is -7.32. The maximum absolute atomic E-state index is 6.27. The average molecular weight is 689 g/mol. The van der Waals surface area contributed by atoms with Gasteiger partial charge in [0.25, 0.3) is 0 Å². The van der Waals surface area contributed by atoms with Crippen molar-refractivity contribution in [3.8, 4) is 34.5 Å². The van der Waals surface area contributed by atoms with E-state index in [9.17, 15) is 0 Å². The molecule has 0 fully saturated rings. The van der Waals surface area contributed by atoms with Crippen LogP contribution in [0.15, 0.2) is 167 Å². The molecule has 53 heavy (non-hydrogen) atoms. The number of fused-ring (bicyclic) bond motifs is 6. The van der Waals surface area contributed by atoms with Gasteiger partial charge in [-0.15, -0.1) is 0 Å². The van der Waals surface area contributed by atoms with Gasteiger partial charge in [0.2, 0.25) is 5.89 Å². The van der Waals surface area contributed by atoms with E-state index >= 15 is 0 Å². The van der Waals surface area contributed by atoms with E-state index in [1.807, 2.05) is 97.1 Å². The van der Waals surface area contributed by atoms with Crippen LogP contribution >= 0.6 is 0 Å². The Kier molecular flexibility index (Phi) is 6.44. The van der Waals surface area contributed by atoms with Crippen LogP contribution in [0.25, 0.3) is 33.7 Å². The van der Waals surface area contributed by atoms with Crippen molar-refractivity contribution < 1.29 is 18.3 Å². The molecule has 8 nitrogen and oxygen atoms in total. The fraction of sp³-hybridized carbons (Fsp3) is 0.0222. The molecule has 0 bridgehead atoms. The van der Waals surface area contributed by atoms with Crippen molar-refractivity contribution in [3.05, 3.63) is 169 Å². The van der Waals surface area contributed by atoms with Crippen molar-refractivity contribution in [2.24, 2.45) is 0 Å². The number of rotatable bonds is 5. The summed E-state index contributed by atoms with van der Waals surface area (Å²) in [4.78, 5) is 14.1. The highest BCUT2D eigenvalue weighted by Crippen LogP contribution is 2.51. The van der Waals surface area contributed by atoms with Gasteiger partial charge in [0.05, 0.1) is 22.7 Å². The Bertz CT molecular complexity index is 2700. The Morgan fingerprint density at radius 3 is 1.38 bits per heavy atom. The second kappa shape index (κ2) is 11.6. The first-order valence-electron chi connectivity index (χ1n) is 17.4. The summed E-state index contributed by atoms with van der Waals surface area (Å²) in [5.41, 5.74) is 10.8. The van der Waals surface area contributed by atoms with Gasteiger partial charge in [0, 0.05) is 35.5 Å². The lowest BCUT2D eigenvalue weighted by Gasteiger charge is -2.32. The number of aromatic nitrogens is 2. The molecule has 0 saturated heterocycles. The molecule has 0 spiro atoms. The van der Waals surface area contributed by atoms with Crippen LogP contribution in [0.1, 0.15) is 11.5 Å². The van der Waals surface area contributed by atoms with Gasteiger partial charge in [-0.25, -0.2) is 9.97 Å². The molecule has 2 aromatic heterocycles. The minimum atomic E-state index is 0.535. The Balaban J connectivity index is 0.847. The molecule has 4 heterocycles. The highest BCUT2D eigenvalue weighted by molar-refractivity contribution is 5.91. The summed E-state index contributed by atoms with van der Waals surface area (Å²) in [7, 11) is 0. The van der Waals surface area contributed by atoms with Gasteiger partial charge in [-0.2, -0.15) is 0 Å². The van der Waals surface area contributed by atoms with Crippen LogP contribution in [0.5, 0.6) is 23.0 Å². The maximum Gasteiger partial charge on any atom is 0.227 e. The predicted molar refractivity (Wildman–Crippen MR) is 206 cm³/mol. The van der Waals surface area contributed by atoms with Crippen LogP contribution in [0.3, 0.4) is 0 Å². The van der Waals surface area contributed by atoms with Gasteiger partial charge >= 0.3 is 0 Å². The molecule has 0 aliphatic carbocycles. The lowest BCUT2D eigenvalue weighted by atomic mass is 10.1. The van der Waals surface area contributed by atoms with Gasteiger partial charge in [-0.3, -0.25) is 0 Å². The third kappa shape index (κ3) is 4.92. The number of hydrogen-bond donors (Lipinski definition) is 0. The van der Waals surface area contributed by atoms with Crippen LogP contribution in [-0.4, -0.2) is 9.97 Å². The van der Waals surface area contributed by atoms with Crippen LogP contribution in [0.4, 0.5) is 34.1 Å². The number of hydrogen-bond acceptors (Lipinski definition) is 8. The van der Waals surface area contributed by atoms with E-state index in [0.717, 1.165) is 73.8 Å². The topological polar surface area (TPSA) is 77.0 Å². The first kappa shape index (κ1) is 29.4. The summed E-state index contributed by atoms with van der Waals surface area (Å²) in [6.07, 6.45) is 0.551. The molecule has 8 heteroatoms. The van der Waals surface area contributed by atoms with Crippen LogP contribution in [0, 0.1) is 0 Å². The lowest BCUT2D eigenvalue weighted by molar-refractivity contribution is 0.477. The van der Waals surface area contributed by atoms with E-state index in [2.05, 4.69) is 70.5 Å². The van der Waals surface area contributed by atoms with Crippen molar-refractivity contribution in [3.63, 3.8) is 0 Å². The zero-order valence-corrected chi connectivity index (χ0v) is 28.1. The molecule has 11 rings (SSSR count). The van der Waals surface area contributed by atoms with Crippen molar-refractivity contribution in [2.75, 3.05) is 9.80 Å². The standard InChI is InChI=1S/C45H28N4O4/c1-5-13-38-34(9-1)48(35-10-2-6-14-39(35)50-38)30-21-17-28(18-22-30)25-44-46-32-26-43-33(27-42(32)52-44)47-45(53-43)29-19-23-31(24-20-29)49-36-11-3-7-15-40(36)51-41-16-8-4-12-37(41)49/h1-24,26-27H,25H2. The third-order valence-corrected chi connectivity index (χ3v) is 9.73. The van der Waals surface area contributed by atoms with Crippen molar-refractivity contribution >= 4 is 56.3 Å². The predicted octanol–water partition coefficient (Wildman–Crippen LogP) is 12.4. The summed E-state index contributed by atoms with van der Waals surface area (Å²) < 4.78 is 24.9.